The van der Waals surface area contributed by atoms with Gasteiger partial charge in [0.25, 0.3) is 0 Å². The van der Waals surface area contributed by atoms with Crippen molar-refractivity contribution in [2.24, 2.45) is 0 Å². The van der Waals surface area contributed by atoms with Crippen LogP contribution in [0, 0.1) is 0 Å². The first-order valence-corrected chi connectivity index (χ1v) is 7.12. The van der Waals surface area contributed by atoms with Gasteiger partial charge in [-0.15, -0.1) is 0 Å². The minimum atomic E-state index is -0.740. The highest BCUT2D eigenvalue weighted by Crippen LogP contribution is 2.54. The van der Waals surface area contributed by atoms with Gasteiger partial charge < -0.3 is 14.6 Å². The third-order valence-electron chi connectivity index (χ3n) is 3.52. The van der Waals surface area contributed by atoms with Gasteiger partial charge in [-0.3, -0.25) is 0 Å². The summed E-state index contributed by atoms with van der Waals surface area (Å²) in [6.07, 6.45) is 0. The maximum atomic E-state index is 10.6. The van der Waals surface area contributed by atoms with E-state index in [9.17, 15) is 5.11 Å². The topological polar surface area (TPSA) is 38.7 Å². The van der Waals surface area contributed by atoms with Gasteiger partial charge in [0.1, 0.15) is 0 Å². The smallest absolute Gasteiger partial charge is 0.246 e. The molecule has 1 aliphatic heterocycles. The van der Waals surface area contributed by atoms with Crippen molar-refractivity contribution < 1.29 is 14.6 Å². The molecule has 1 aromatic carbocycles. The number of rotatable bonds is 0. The normalized spacial score (nSPS) is 17.4. The summed E-state index contributed by atoms with van der Waals surface area (Å²) in [5, 5.41) is 10.6. The summed E-state index contributed by atoms with van der Waals surface area (Å²) in [4.78, 5) is 0. The molecule has 112 valence electrons. The van der Waals surface area contributed by atoms with Gasteiger partial charge in [-0.25, -0.2) is 0 Å². The Balaban J connectivity index is 2.76. The molecule has 0 fully saturated rings. The molecule has 20 heavy (non-hydrogen) atoms. The zero-order valence-electron chi connectivity index (χ0n) is 13.8. The molecule has 0 aromatic heterocycles. The average Bonchev–Trinajstić information content (AvgIpc) is 2.50. The molecule has 1 aromatic rings. The van der Waals surface area contributed by atoms with E-state index in [2.05, 4.69) is 47.6 Å². The van der Waals surface area contributed by atoms with Crippen LogP contribution in [-0.2, 0) is 10.8 Å². The maximum Gasteiger partial charge on any atom is 0.246 e. The van der Waals surface area contributed by atoms with Crippen LogP contribution in [0.1, 0.15) is 66.5 Å². The molecule has 0 saturated heterocycles. The van der Waals surface area contributed by atoms with E-state index in [0.29, 0.717) is 11.5 Å². The molecule has 0 spiro atoms. The summed E-state index contributed by atoms with van der Waals surface area (Å²) < 4.78 is 11.7. The first-order chi connectivity index (χ1) is 8.83. The van der Waals surface area contributed by atoms with E-state index in [1.807, 2.05) is 13.8 Å². The standard InChI is InChI=1S/C17H26O3/c1-15(2,3)10-9-11(16(4,5)6)13-14(12(10)18)20-17(7,8)19-13/h9,18H,1-8H3. The van der Waals surface area contributed by atoms with E-state index in [1.54, 1.807) is 0 Å². The first kappa shape index (κ1) is 15.0. The van der Waals surface area contributed by atoms with Crippen molar-refractivity contribution in [3.8, 4) is 17.2 Å². The van der Waals surface area contributed by atoms with Crippen LogP contribution in [0.4, 0.5) is 0 Å². The Kier molecular flexibility index (Phi) is 3.05. The number of ether oxygens (including phenoxy) is 2. The van der Waals surface area contributed by atoms with Crippen molar-refractivity contribution in [3.05, 3.63) is 17.2 Å². The molecular weight excluding hydrogens is 252 g/mol. The van der Waals surface area contributed by atoms with Crippen molar-refractivity contribution in [2.45, 2.75) is 72.0 Å². The van der Waals surface area contributed by atoms with E-state index in [0.717, 1.165) is 11.1 Å². The molecule has 0 saturated carbocycles. The molecule has 0 atom stereocenters. The molecule has 3 nitrogen and oxygen atoms in total. The van der Waals surface area contributed by atoms with Gasteiger partial charge in [0.2, 0.25) is 11.5 Å². The highest BCUT2D eigenvalue weighted by Gasteiger charge is 2.40. The Morgan fingerprint density at radius 3 is 1.75 bits per heavy atom. The SMILES string of the molecule is CC1(C)Oc2c(C(C)(C)C)cc(C(C)(C)C)c(O)c2O1. The fourth-order valence-electron chi connectivity index (χ4n) is 2.47. The van der Waals surface area contributed by atoms with E-state index < -0.39 is 5.79 Å². The monoisotopic (exact) mass is 278 g/mol. The van der Waals surface area contributed by atoms with Crippen LogP contribution >= 0.6 is 0 Å². The van der Waals surface area contributed by atoms with Crippen molar-refractivity contribution in [1.29, 1.82) is 0 Å². The van der Waals surface area contributed by atoms with Gasteiger partial charge in [-0.2, -0.15) is 0 Å². The minimum Gasteiger partial charge on any atom is -0.504 e. The van der Waals surface area contributed by atoms with Crippen LogP contribution < -0.4 is 9.47 Å². The van der Waals surface area contributed by atoms with Gasteiger partial charge in [0.05, 0.1) is 0 Å². The Morgan fingerprint density at radius 1 is 0.850 bits per heavy atom. The third-order valence-corrected chi connectivity index (χ3v) is 3.52. The van der Waals surface area contributed by atoms with E-state index >= 15 is 0 Å². The zero-order valence-corrected chi connectivity index (χ0v) is 13.8. The number of hydrogen-bond donors (Lipinski definition) is 1. The van der Waals surface area contributed by atoms with Crippen molar-refractivity contribution in [2.75, 3.05) is 0 Å². The molecule has 1 N–H and O–H groups in total. The molecule has 0 radical (unpaired) electrons. The molecule has 2 rings (SSSR count). The quantitative estimate of drug-likeness (QED) is 0.759. The van der Waals surface area contributed by atoms with Crippen molar-refractivity contribution >= 4 is 0 Å². The largest absolute Gasteiger partial charge is 0.504 e. The van der Waals surface area contributed by atoms with Crippen LogP contribution in [0.3, 0.4) is 0 Å². The molecule has 1 heterocycles. The molecule has 3 heteroatoms. The fraction of sp³-hybridized carbons (Fsp3) is 0.647. The summed E-state index contributed by atoms with van der Waals surface area (Å²) >= 11 is 0. The Morgan fingerprint density at radius 2 is 1.30 bits per heavy atom. The summed E-state index contributed by atoms with van der Waals surface area (Å²) in [5.74, 6) is 0.613. The minimum absolute atomic E-state index is 0.0818. The van der Waals surface area contributed by atoms with Crippen molar-refractivity contribution in [3.63, 3.8) is 0 Å². The summed E-state index contributed by atoms with van der Waals surface area (Å²) in [7, 11) is 0. The lowest BCUT2D eigenvalue weighted by molar-refractivity contribution is -0.0445. The third kappa shape index (κ3) is 2.46. The van der Waals surface area contributed by atoms with Gasteiger partial charge in [0.15, 0.2) is 11.5 Å². The van der Waals surface area contributed by atoms with Gasteiger partial charge in [0, 0.05) is 25.0 Å². The Labute approximate surface area is 121 Å². The maximum absolute atomic E-state index is 10.6. The first-order valence-electron chi connectivity index (χ1n) is 7.12. The van der Waals surface area contributed by atoms with E-state index in [-0.39, 0.29) is 16.6 Å². The second kappa shape index (κ2) is 4.06. The predicted octanol–water partition coefficient (Wildman–Crippen LogP) is 4.49. The average molecular weight is 278 g/mol. The fourth-order valence-corrected chi connectivity index (χ4v) is 2.47. The lowest BCUT2D eigenvalue weighted by Gasteiger charge is -2.27. The summed E-state index contributed by atoms with van der Waals surface area (Å²) in [6.45, 7) is 16.4. The van der Waals surface area contributed by atoms with Gasteiger partial charge in [-0.1, -0.05) is 41.5 Å². The van der Waals surface area contributed by atoms with Gasteiger partial charge in [-0.05, 0) is 16.9 Å². The second-order valence-electron chi connectivity index (χ2n) is 8.08. The zero-order chi connectivity index (χ0) is 15.5. The lowest BCUT2D eigenvalue weighted by atomic mass is 9.79. The summed E-state index contributed by atoms with van der Waals surface area (Å²) in [5.41, 5.74) is 1.72. The lowest BCUT2D eigenvalue weighted by Crippen LogP contribution is -2.30. The molecule has 0 unspecified atom stereocenters. The predicted molar refractivity (Wildman–Crippen MR) is 80.8 cm³/mol. The number of aromatic hydroxyl groups is 1. The van der Waals surface area contributed by atoms with Gasteiger partial charge >= 0.3 is 0 Å². The highest BCUT2D eigenvalue weighted by atomic mass is 16.7. The molecule has 1 aliphatic rings. The number of phenols is 1. The van der Waals surface area contributed by atoms with E-state index in [4.69, 9.17) is 9.47 Å². The number of fused-ring (bicyclic) bond motifs is 1. The van der Waals surface area contributed by atoms with Crippen LogP contribution in [0.25, 0.3) is 0 Å². The molecular formula is C17H26O3. The van der Waals surface area contributed by atoms with Crippen molar-refractivity contribution in [1.82, 2.24) is 0 Å². The van der Waals surface area contributed by atoms with Crippen LogP contribution in [0.5, 0.6) is 17.2 Å². The highest BCUT2D eigenvalue weighted by molar-refractivity contribution is 5.63. The van der Waals surface area contributed by atoms with Crippen LogP contribution in [-0.4, -0.2) is 10.9 Å². The Bertz CT molecular complexity index is 543. The van der Waals surface area contributed by atoms with Crippen LogP contribution in [0.2, 0.25) is 0 Å². The Hall–Kier alpha value is -1.38. The number of phenolic OH excluding ortho intramolecular Hbond substituents is 1. The second-order valence-corrected chi connectivity index (χ2v) is 8.08. The number of benzene rings is 1. The summed E-state index contributed by atoms with van der Waals surface area (Å²) in [6, 6.07) is 2.05. The van der Waals surface area contributed by atoms with Crippen LogP contribution in [0.15, 0.2) is 6.07 Å². The van der Waals surface area contributed by atoms with E-state index in [1.165, 1.54) is 0 Å². The number of hydrogen-bond acceptors (Lipinski definition) is 3. The molecule has 0 aliphatic carbocycles. The molecule has 0 bridgehead atoms. The molecule has 0 amide bonds.